The zero-order chi connectivity index (χ0) is 8.55. The molecular formula is C10H7O2+. The topological polar surface area (TPSA) is 34.1 Å². The summed E-state index contributed by atoms with van der Waals surface area (Å²) in [5.74, 6) is -0.185. The van der Waals surface area contributed by atoms with Crippen LogP contribution in [0.1, 0.15) is 22.1 Å². The molecule has 0 radical (unpaired) electrons. The monoisotopic (exact) mass is 159 g/mol. The average molecular weight is 159 g/mol. The maximum atomic E-state index is 11.2. The first-order chi connectivity index (χ1) is 5.79. The van der Waals surface area contributed by atoms with Gasteiger partial charge >= 0.3 is 1.43 Å². The van der Waals surface area contributed by atoms with Crippen LogP contribution in [-0.2, 0) is 0 Å². The zero-order valence-electron chi connectivity index (χ0n) is 7.28. The number of carbonyl (C=O) groups is 2. The minimum atomic E-state index is -0.0924. The van der Waals surface area contributed by atoms with Crippen LogP contribution in [0, 0.1) is 0 Å². The third-order valence-corrected chi connectivity index (χ3v) is 1.84. The van der Waals surface area contributed by atoms with Crippen LogP contribution in [0.2, 0.25) is 0 Å². The van der Waals surface area contributed by atoms with Gasteiger partial charge in [0.2, 0.25) is 0 Å². The van der Waals surface area contributed by atoms with Gasteiger partial charge in [-0.3, -0.25) is 9.59 Å². The molecule has 1 aromatic carbocycles. The van der Waals surface area contributed by atoms with Gasteiger partial charge in [0.15, 0.2) is 11.6 Å². The second-order valence-corrected chi connectivity index (χ2v) is 2.61. The molecule has 0 atom stereocenters. The van der Waals surface area contributed by atoms with E-state index in [0.29, 0.717) is 11.1 Å². The Labute approximate surface area is 71.0 Å². The lowest BCUT2D eigenvalue weighted by Crippen LogP contribution is -2.10. The summed E-state index contributed by atoms with van der Waals surface area (Å²) < 4.78 is 0. The Balaban J connectivity index is 0.000000845. The molecule has 0 bridgehead atoms. The Morgan fingerprint density at radius 2 is 1.25 bits per heavy atom. The Morgan fingerprint density at radius 3 is 1.67 bits per heavy atom. The molecule has 0 spiro atoms. The van der Waals surface area contributed by atoms with E-state index >= 15 is 0 Å². The molecule has 0 fully saturated rings. The highest BCUT2D eigenvalue weighted by atomic mass is 16.1. The van der Waals surface area contributed by atoms with Crippen molar-refractivity contribution in [3.8, 4) is 0 Å². The standard InChI is InChI=1S/C10H6O2/c11-9-5-6-10(12)8-4-2-1-3-7(8)9/h1-6H/p+1. The second-order valence-electron chi connectivity index (χ2n) is 2.61. The summed E-state index contributed by atoms with van der Waals surface area (Å²) >= 11 is 0. The minimum absolute atomic E-state index is 0. The smallest absolute Gasteiger partial charge is 0.289 e. The summed E-state index contributed by atoms with van der Waals surface area (Å²) in [7, 11) is 0. The van der Waals surface area contributed by atoms with Gasteiger partial charge in [-0.1, -0.05) is 24.3 Å². The molecule has 1 aliphatic rings. The van der Waals surface area contributed by atoms with Crippen LogP contribution >= 0.6 is 0 Å². The quantitative estimate of drug-likeness (QED) is 0.577. The molecular weight excluding hydrogens is 152 g/mol. The Bertz CT molecular complexity index is 357. The van der Waals surface area contributed by atoms with Crippen molar-refractivity contribution < 1.29 is 11.0 Å². The van der Waals surface area contributed by atoms with Gasteiger partial charge in [0, 0.05) is 11.1 Å². The third-order valence-electron chi connectivity index (χ3n) is 1.84. The molecule has 0 saturated heterocycles. The number of carbonyl (C=O) groups excluding carboxylic acids is 2. The normalized spacial score (nSPS) is 14.7. The maximum absolute atomic E-state index is 11.2. The molecule has 0 heterocycles. The van der Waals surface area contributed by atoms with Crippen molar-refractivity contribution in [1.82, 2.24) is 0 Å². The SMILES string of the molecule is O=C1C=CC(=O)c2ccccc21.[H+]. The van der Waals surface area contributed by atoms with Crippen molar-refractivity contribution in [1.29, 1.82) is 0 Å². The predicted molar refractivity (Wildman–Crippen MR) is 45.4 cm³/mol. The molecule has 0 saturated carbocycles. The molecule has 58 valence electrons. The fourth-order valence-electron chi connectivity index (χ4n) is 1.24. The first-order valence-corrected chi connectivity index (χ1v) is 3.65. The summed E-state index contributed by atoms with van der Waals surface area (Å²) in [4.78, 5) is 22.4. The highest BCUT2D eigenvalue weighted by Crippen LogP contribution is 2.15. The number of allylic oxidation sites excluding steroid dienone is 2. The fraction of sp³-hybridized carbons (Fsp3) is 0. The van der Waals surface area contributed by atoms with E-state index in [1.54, 1.807) is 24.3 Å². The molecule has 2 nitrogen and oxygen atoms in total. The number of benzene rings is 1. The Morgan fingerprint density at radius 1 is 0.833 bits per heavy atom. The van der Waals surface area contributed by atoms with Gasteiger partial charge in [-0.2, -0.15) is 0 Å². The molecule has 12 heavy (non-hydrogen) atoms. The van der Waals surface area contributed by atoms with Gasteiger partial charge in [-0.05, 0) is 12.2 Å². The lowest BCUT2D eigenvalue weighted by Gasteiger charge is -2.06. The zero-order valence-corrected chi connectivity index (χ0v) is 6.28. The van der Waals surface area contributed by atoms with Crippen molar-refractivity contribution in [2.45, 2.75) is 0 Å². The highest BCUT2D eigenvalue weighted by molar-refractivity contribution is 6.21. The largest absolute Gasteiger partial charge is 1.00 e. The fourth-order valence-corrected chi connectivity index (χ4v) is 1.24. The van der Waals surface area contributed by atoms with E-state index in [-0.39, 0.29) is 13.0 Å². The predicted octanol–water partition coefficient (Wildman–Crippen LogP) is 1.73. The van der Waals surface area contributed by atoms with E-state index in [1.165, 1.54) is 12.2 Å². The number of fused-ring (bicyclic) bond motifs is 1. The van der Waals surface area contributed by atoms with E-state index in [9.17, 15) is 9.59 Å². The summed E-state index contributed by atoms with van der Waals surface area (Å²) in [5.41, 5.74) is 1.01. The first kappa shape index (κ1) is 6.98. The molecule has 0 amide bonds. The summed E-state index contributed by atoms with van der Waals surface area (Å²) in [6.45, 7) is 0. The molecule has 0 aliphatic heterocycles. The molecule has 1 aliphatic carbocycles. The van der Waals surface area contributed by atoms with E-state index < -0.39 is 0 Å². The Kier molecular flexibility index (Phi) is 1.40. The molecule has 0 aromatic heterocycles. The van der Waals surface area contributed by atoms with E-state index in [1.807, 2.05) is 0 Å². The average Bonchev–Trinajstić information content (AvgIpc) is 2.12. The third kappa shape index (κ3) is 0.889. The van der Waals surface area contributed by atoms with Gasteiger partial charge < -0.3 is 0 Å². The van der Waals surface area contributed by atoms with E-state index in [0.717, 1.165) is 0 Å². The molecule has 1 aromatic rings. The number of hydrogen-bond acceptors (Lipinski definition) is 2. The summed E-state index contributed by atoms with van der Waals surface area (Å²) in [6.07, 6.45) is 2.62. The Hall–Kier alpha value is -1.70. The van der Waals surface area contributed by atoms with Crippen LogP contribution in [0.4, 0.5) is 0 Å². The number of rotatable bonds is 0. The maximum Gasteiger partial charge on any atom is 1.00 e. The summed E-state index contributed by atoms with van der Waals surface area (Å²) in [5, 5.41) is 0. The van der Waals surface area contributed by atoms with Crippen molar-refractivity contribution in [2.75, 3.05) is 0 Å². The lowest BCUT2D eigenvalue weighted by molar-refractivity contribution is 0.0994. The van der Waals surface area contributed by atoms with Crippen LogP contribution in [0.25, 0.3) is 0 Å². The minimum Gasteiger partial charge on any atom is -0.289 e. The van der Waals surface area contributed by atoms with Gasteiger partial charge in [0.25, 0.3) is 0 Å². The molecule has 2 rings (SSSR count). The van der Waals surface area contributed by atoms with Crippen LogP contribution in [0.3, 0.4) is 0 Å². The van der Waals surface area contributed by atoms with E-state index in [4.69, 9.17) is 0 Å². The van der Waals surface area contributed by atoms with Crippen LogP contribution in [0.15, 0.2) is 36.4 Å². The van der Waals surface area contributed by atoms with Crippen molar-refractivity contribution in [2.24, 2.45) is 0 Å². The van der Waals surface area contributed by atoms with Gasteiger partial charge in [0.1, 0.15) is 0 Å². The van der Waals surface area contributed by atoms with E-state index in [2.05, 4.69) is 0 Å². The number of ketones is 2. The molecule has 0 N–H and O–H groups in total. The van der Waals surface area contributed by atoms with Gasteiger partial charge in [0.05, 0.1) is 0 Å². The molecule has 2 heteroatoms. The van der Waals surface area contributed by atoms with Crippen molar-refractivity contribution in [3.05, 3.63) is 47.5 Å². The van der Waals surface area contributed by atoms with Gasteiger partial charge in [-0.25, -0.2) is 0 Å². The van der Waals surface area contributed by atoms with Crippen molar-refractivity contribution in [3.63, 3.8) is 0 Å². The first-order valence-electron chi connectivity index (χ1n) is 3.65. The van der Waals surface area contributed by atoms with Crippen LogP contribution < -0.4 is 0 Å². The highest BCUT2D eigenvalue weighted by Gasteiger charge is 2.16. The number of hydrogen-bond donors (Lipinski definition) is 0. The van der Waals surface area contributed by atoms with Gasteiger partial charge in [-0.15, -0.1) is 0 Å². The second kappa shape index (κ2) is 2.41. The lowest BCUT2D eigenvalue weighted by atomic mass is 9.95. The van der Waals surface area contributed by atoms with Crippen molar-refractivity contribution >= 4 is 11.6 Å². The summed E-state index contributed by atoms with van der Waals surface area (Å²) in [6, 6.07) is 6.84. The van der Waals surface area contributed by atoms with Crippen LogP contribution in [-0.4, -0.2) is 11.6 Å². The molecule has 0 unspecified atom stereocenters. The van der Waals surface area contributed by atoms with Crippen LogP contribution in [0.5, 0.6) is 0 Å².